The Balaban J connectivity index is 0.00000156. The van der Waals surface area contributed by atoms with E-state index in [1.165, 1.54) is 0 Å². The topological polar surface area (TPSA) is 38.3 Å². The number of hydrogen-bond acceptors (Lipinski definition) is 3. The summed E-state index contributed by atoms with van der Waals surface area (Å²) in [5, 5.41) is 3.33. The minimum Gasteiger partial charge on any atom is -0.486 e. The Labute approximate surface area is 142 Å². The van der Waals surface area contributed by atoms with Crippen molar-refractivity contribution in [3.05, 3.63) is 54.1 Å². The molecule has 1 saturated heterocycles. The third-order valence-electron chi connectivity index (χ3n) is 4.71. The van der Waals surface area contributed by atoms with Gasteiger partial charge in [0.15, 0.2) is 5.78 Å². The van der Waals surface area contributed by atoms with Crippen LogP contribution in [0.4, 0.5) is 0 Å². The second kappa shape index (κ2) is 6.34. The molecule has 1 fully saturated rings. The molecule has 0 aliphatic carbocycles. The van der Waals surface area contributed by atoms with Gasteiger partial charge in [0.05, 0.1) is 12.0 Å². The second-order valence-electron chi connectivity index (χ2n) is 6.21. The smallest absolute Gasteiger partial charge is 0.170 e. The van der Waals surface area contributed by atoms with Crippen LogP contribution in [0.15, 0.2) is 48.5 Å². The molecule has 0 amide bonds. The maximum Gasteiger partial charge on any atom is 0.170 e. The van der Waals surface area contributed by atoms with E-state index < -0.39 is 0 Å². The van der Waals surface area contributed by atoms with Gasteiger partial charge in [0.2, 0.25) is 0 Å². The number of hydrogen-bond donors (Lipinski definition) is 1. The summed E-state index contributed by atoms with van der Waals surface area (Å²) < 4.78 is 6.26. The molecule has 4 heteroatoms. The second-order valence-corrected chi connectivity index (χ2v) is 6.21. The molecule has 2 aromatic rings. The van der Waals surface area contributed by atoms with Crippen molar-refractivity contribution in [2.75, 3.05) is 13.1 Å². The van der Waals surface area contributed by atoms with Gasteiger partial charge in [-0.1, -0.05) is 36.4 Å². The minimum atomic E-state index is -0.288. The summed E-state index contributed by atoms with van der Waals surface area (Å²) in [5.74, 6) is 0.957. The van der Waals surface area contributed by atoms with E-state index in [9.17, 15) is 4.79 Å². The Morgan fingerprint density at radius 1 is 0.957 bits per heavy atom. The third kappa shape index (κ3) is 2.99. The number of Topliss-reactive ketones (excluding diaryl/α,β-unsaturated/α-hetero) is 1. The Morgan fingerprint density at radius 2 is 1.70 bits per heavy atom. The first-order valence-electron chi connectivity index (χ1n) is 7.88. The van der Waals surface area contributed by atoms with Crippen molar-refractivity contribution in [2.24, 2.45) is 0 Å². The van der Waals surface area contributed by atoms with Gasteiger partial charge in [-0.2, -0.15) is 0 Å². The summed E-state index contributed by atoms with van der Waals surface area (Å²) in [6, 6.07) is 16.1. The van der Waals surface area contributed by atoms with Crippen LogP contribution in [-0.4, -0.2) is 24.5 Å². The molecule has 2 aliphatic rings. The summed E-state index contributed by atoms with van der Waals surface area (Å²) in [5.41, 5.74) is 2.63. The van der Waals surface area contributed by atoms with Crippen LogP contribution in [0.1, 0.15) is 29.6 Å². The molecule has 2 aliphatic heterocycles. The van der Waals surface area contributed by atoms with Crippen LogP contribution >= 0.6 is 12.4 Å². The van der Waals surface area contributed by atoms with Gasteiger partial charge in [-0.25, -0.2) is 0 Å². The van der Waals surface area contributed by atoms with Crippen LogP contribution < -0.4 is 10.1 Å². The van der Waals surface area contributed by atoms with Crippen LogP contribution in [-0.2, 0) is 0 Å². The van der Waals surface area contributed by atoms with Crippen molar-refractivity contribution >= 4 is 18.2 Å². The van der Waals surface area contributed by atoms with Gasteiger partial charge in [-0.05, 0) is 36.3 Å². The van der Waals surface area contributed by atoms with Crippen molar-refractivity contribution in [3.63, 3.8) is 0 Å². The highest BCUT2D eigenvalue weighted by atomic mass is 35.5. The summed E-state index contributed by atoms with van der Waals surface area (Å²) in [7, 11) is 0. The Morgan fingerprint density at radius 3 is 2.43 bits per heavy atom. The zero-order valence-electron chi connectivity index (χ0n) is 12.9. The molecule has 0 aromatic heterocycles. The Bertz CT molecular complexity index is 709. The van der Waals surface area contributed by atoms with Crippen LogP contribution in [0.2, 0.25) is 0 Å². The molecule has 23 heavy (non-hydrogen) atoms. The number of nitrogens with one attached hydrogen (secondary N) is 1. The predicted molar refractivity (Wildman–Crippen MR) is 93.5 cm³/mol. The molecular weight excluding hydrogens is 310 g/mol. The van der Waals surface area contributed by atoms with Gasteiger partial charge in [0, 0.05) is 12.8 Å². The van der Waals surface area contributed by atoms with Crippen LogP contribution in [0.25, 0.3) is 11.1 Å². The quantitative estimate of drug-likeness (QED) is 0.863. The van der Waals surface area contributed by atoms with Gasteiger partial charge in [0.1, 0.15) is 11.4 Å². The maximum atomic E-state index is 12.6. The number of carbonyl (C=O) groups is 1. The fourth-order valence-electron chi connectivity index (χ4n) is 3.47. The molecule has 0 radical (unpaired) electrons. The Hall–Kier alpha value is -1.84. The lowest BCUT2D eigenvalue weighted by Gasteiger charge is -2.41. The molecule has 0 saturated carbocycles. The van der Waals surface area contributed by atoms with Gasteiger partial charge in [0.25, 0.3) is 0 Å². The van der Waals surface area contributed by atoms with E-state index >= 15 is 0 Å². The van der Waals surface area contributed by atoms with E-state index in [4.69, 9.17) is 4.74 Å². The summed E-state index contributed by atoms with van der Waals surface area (Å²) >= 11 is 0. The molecule has 2 aromatic carbocycles. The average molecular weight is 330 g/mol. The predicted octanol–water partition coefficient (Wildman–Crippen LogP) is 3.86. The number of piperidine rings is 1. The number of rotatable bonds is 1. The van der Waals surface area contributed by atoms with E-state index in [1.807, 2.05) is 36.4 Å². The minimum absolute atomic E-state index is 0. The monoisotopic (exact) mass is 329 g/mol. The fraction of sp³-hybridized carbons (Fsp3) is 0.316. The molecule has 0 unspecified atom stereocenters. The van der Waals surface area contributed by atoms with Gasteiger partial charge in [-0.15, -0.1) is 12.4 Å². The van der Waals surface area contributed by atoms with Crippen molar-refractivity contribution in [1.29, 1.82) is 0 Å². The van der Waals surface area contributed by atoms with Gasteiger partial charge < -0.3 is 10.1 Å². The van der Waals surface area contributed by atoms with Crippen LogP contribution in [0.5, 0.6) is 5.75 Å². The van der Waals surface area contributed by atoms with Crippen molar-refractivity contribution in [2.45, 2.75) is 24.9 Å². The zero-order valence-corrected chi connectivity index (χ0v) is 13.7. The number of carbonyl (C=O) groups excluding carboxylic acids is 1. The molecule has 0 atom stereocenters. The lowest BCUT2D eigenvalue weighted by Crippen LogP contribution is -2.49. The number of fused-ring (bicyclic) bond motifs is 1. The Kier molecular flexibility index (Phi) is 4.42. The highest BCUT2D eigenvalue weighted by molar-refractivity contribution is 6.01. The summed E-state index contributed by atoms with van der Waals surface area (Å²) in [6.07, 6.45) is 2.30. The van der Waals surface area contributed by atoms with Gasteiger partial charge >= 0.3 is 0 Å². The highest BCUT2D eigenvalue weighted by Gasteiger charge is 2.41. The van der Waals surface area contributed by atoms with E-state index in [1.54, 1.807) is 0 Å². The average Bonchev–Trinajstić information content (AvgIpc) is 2.56. The molecule has 1 N–H and O–H groups in total. The summed E-state index contributed by atoms with van der Waals surface area (Å²) in [4.78, 5) is 12.6. The van der Waals surface area contributed by atoms with E-state index in [-0.39, 0.29) is 23.8 Å². The molecular formula is C19H20ClNO2. The first kappa shape index (κ1) is 16.0. The molecule has 3 nitrogen and oxygen atoms in total. The molecule has 2 heterocycles. The highest BCUT2D eigenvalue weighted by Crippen LogP contribution is 2.39. The number of ketones is 1. The van der Waals surface area contributed by atoms with Crippen LogP contribution in [0.3, 0.4) is 0 Å². The summed E-state index contributed by atoms with van der Waals surface area (Å²) in [6.45, 7) is 1.84. The number of benzene rings is 2. The standard InChI is InChI=1S/C19H19NO2.ClH/c21-17-13-19(8-10-20-11-9-19)22-18-7-6-15(12-16(17)18)14-4-2-1-3-5-14;/h1-7,12,20H,8-11,13H2;1H. The first-order chi connectivity index (χ1) is 10.8. The number of halogens is 1. The SMILES string of the molecule is Cl.O=C1CC2(CCNCC2)Oc2ccc(-c3ccccc3)cc21. The van der Waals surface area contributed by atoms with Crippen LogP contribution in [0, 0.1) is 0 Å². The largest absolute Gasteiger partial charge is 0.486 e. The van der Waals surface area contributed by atoms with Crippen molar-refractivity contribution < 1.29 is 9.53 Å². The zero-order chi connectivity index (χ0) is 15.0. The normalized spacial score (nSPS) is 18.7. The molecule has 1 spiro atoms. The van der Waals surface area contributed by atoms with Gasteiger partial charge in [-0.3, -0.25) is 4.79 Å². The van der Waals surface area contributed by atoms with E-state index in [0.717, 1.165) is 48.4 Å². The van der Waals surface area contributed by atoms with E-state index in [0.29, 0.717) is 6.42 Å². The lowest BCUT2D eigenvalue weighted by molar-refractivity contribution is 0.0188. The third-order valence-corrected chi connectivity index (χ3v) is 4.71. The maximum absolute atomic E-state index is 12.6. The van der Waals surface area contributed by atoms with E-state index in [2.05, 4.69) is 17.4 Å². The fourth-order valence-corrected chi connectivity index (χ4v) is 3.47. The van der Waals surface area contributed by atoms with Crippen molar-refractivity contribution in [3.8, 4) is 16.9 Å². The first-order valence-corrected chi connectivity index (χ1v) is 7.88. The number of ether oxygens (including phenoxy) is 1. The molecule has 120 valence electrons. The molecule has 4 rings (SSSR count). The van der Waals surface area contributed by atoms with Crippen molar-refractivity contribution in [1.82, 2.24) is 5.32 Å². The molecule has 0 bridgehead atoms. The lowest BCUT2D eigenvalue weighted by atomic mass is 9.82.